The van der Waals surface area contributed by atoms with Crippen LogP contribution in [0, 0.1) is 0 Å². The normalized spacial score (nSPS) is 16.4. The van der Waals surface area contributed by atoms with Crippen LogP contribution in [0.25, 0.3) is 0 Å². The summed E-state index contributed by atoms with van der Waals surface area (Å²) in [5, 5.41) is 17.7. The summed E-state index contributed by atoms with van der Waals surface area (Å²) in [6.07, 6.45) is 0.852. The number of aliphatic carboxylic acids is 1. The lowest BCUT2D eigenvalue weighted by Gasteiger charge is -2.36. The second-order valence-electron chi connectivity index (χ2n) is 4.65. The number of carbonyl (C=O) groups is 2. The van der Waals surface area contributed by atoms with E-state index >= 15 is 0 Å². The molecule has 1 aliphatic heterocycles. The van der Waals surface area contributed by atoms with Crippen molar-refractivity contribution in [2.24, 2.45) is 0 Å². The van der Waals surface area contributed by atoms with Crippen molar-refractivity contribution in [1.82, 2.24) is 14.7 Å². The first kappa shape index (κ1) is 15.7. The van der Waals surface area contributed by atoms with Gasteiger partial charge in [-0.15, -0.1) is 0 Å². The minimum absolute atomic E-state index is 0.0251. The topological polar surface area (TPSA) is 84.3 Å². The third-order valence-corrected chi connectivity index (χ3v) is 3.14. The van der Waals surface area contributed by atoms with Crippen LogP contribution in [-0.4, -0.2) is 89.3 Å². The molecule has 2 amide bonds. The van der Waals surface area contributed by atoms with Gasteiger partial charge in [0.1, 0.15) is 0 Å². The van der Waals surface area contributed by atoms with E-state index in [2.05, 4.69) is 0 Å². The zero-order valence-electron chi connectivity index (χ0n) is 11.4. The van der Waals surface area contributed by atoms with Crippen molar-refractivity contribution in [3.8, 4) is 0 Å². The highest BCUT2D eigenvalue weighted by Crippen LogP contribution is 2.06. The van der Waals surface area contributed by atoms with Crippen LogP contribution in [0.4, 0.5) is 4.79 Å². The lowest BCUT2D eigenvalue weighted by molar-refractivity contribution is -0.138. The van der Waals surface area contributed by atoms with E-state index in [0.29, 0.717) is 39.3 Å². The lowest BCUT2D eigenvalue weighted by atomic mass is 10.3. The van der Waals surface area contributed by atoms with E-state index in [1.807, 2.05) is 11.8 Å². The molecule has 19 heavy (non-hydrogen) atoms. The molecule has 0 unspecified atom stereocenters. The molecule has 1 rings (SSSR count). The Hall–Kier alpha value is -1.34. The number of aliphatic hydroxyl groups excluding tert-OH is 1. The molecule has 110 valence electrons. The molecule has 1 aliphatic rings. The largest absolute Gasteiger partial charge is 0.480 e. The number of carbonyl (C=O) groups excluding carboxylic acids is 1. The number of aliphatic hydroxyl groups is 1. The second-order valence-corrected chi connectivity index (χ2v) is 4.65. The molecule has 1 fully saturated rings. The van der Waals surface area contributed by atoms with Crippen molar-refractivity contribution in [2.45, 2.75) is 13.3 Å². The number of carboxylic acids is 1. The third-order valence-electron chi connectivity index (χ3n) is 3.14. The van der Waals surface area contributed by atoms with Crippen LogP contribution in [0.15, 0.2) is 0 Å². The van der Waals surface area contributed by atoms with Crippen molar-refractivity contribution in [1.29, 1.82) is 0 Å². The quantitative estimate of drug-likeness (QED) is 0.682. The third kappa shape index (κ3) is 5.04. The molecule has 0 atom stereocenters. The van der Waals surface area contributed by atoms with Crippen molar-refractivity contribution in [2.75, 3.05) is 52.4 Å². The second kappa shape index (κ2) is 7.96. The average Bonchev–Trinajstić information content (AvgIpc) is 2.38. The molecule has 0 aliphatic carbocycles. The standard InChI is InChI=1S/C12H23N3O4/c1-2-3-14(8-9-16)12(19)15-6-4-13(5-7-15)10-11(17)18/h16H,2-10H2,1H3,(H,17,18). The van der Waals surface area contributed by atoms with E-state index in [4.69, 9.17) is 10.2 Å². The van der Waals surface area contributed by atoms with Crippen molar-refractivity contribution in [3.63, 3.8) is 0 Å². The van der Waals surface area contributed by atoms with Gasteiger partial charge < -0.3 is 20.0 Å². The molecule has 0 saturated carbocycles. The highest BCUT2D eigenvalue weighted by atomic mass is 16.4. The van der Waals surface area contributed by atoms with E-state index in [0.717, 1.165) is 6.42 Å². The first-order valence-electron chi connectivity index (χ1n) is 6.67. The van der Waals surface area contributed by atoms with Crippen LogP contribution >= 0.6 is 0 Å². The number of amides is 2. The van der Waals surface area contributed by atoms with Gasteiger partial charge in [0.05, 0.1) is 13.2 Å². The fourth-order valence-corrected chi connectivity index (χ4v) is 2.18. The van der Waals surface area contributed by atoms with Gasteiger partial charge in [-0.3, -0.25) is 9.69 Å². The maximum Gasteiger partial charge on any atom is 0.320 e. The number of nitrogens with zero attached hydrogens (tertiary/aromatic N) is 3. The lowest BCUT2D eigenvalue weighted by Crippen LogP contribution is -2.54. The molecule has 0 aromatic rings. The zero-order valence-corrected chi connectivity index (χ0v) is 11.4. The fraction of sp³-hybridized carbons (Fsp3) is 0.833. The van der Waals surface area contributed by atoms with E-state index in [-0.39, 0.29) is 19.2 Å². The van der Waals surface area contributed by atoms with Gasteiger partial charge in [0.15, 0.2) is 0 Å². The molecule has 0 bridgehead atoms. The van der Waals surface area contributed by atoms with Crippen LogP contribution in [0.3, 0.4) is 0 Å². The van der Waals surface area contributed by atoms with Crippen LogP contribution < -0.4 is 0 Å². The smallest absolute Gasteiger partial charge is 0.320 e. The number of hydrogen-bond acceptors (Lipinski definition) is 4. The van der Waals surface area contributed by atoms with Gasteiger partial charge in [-0.05, 0) is 6.42 Å². The van der Waals surface area contributed by atoms with E-state index in [1.54, 1.807) is 9.80 Å². The number of carboxylic acid groups (broad SMARTS) is 1. The Balaban J connectivity index is 2.44. The predicted octanol–water partition coefficient (Wildman–Crippen LogP) is -0.487. The van der Waals surface area contributed by atoms with Crippen molar-refractivity contribution in [3.05, 3.63) is 0 Å². The molecule has 7 nitrogen and oxygen atoms in total. The highest BCUT2D eigenvalue weighted by molar-refractivity contribution is 5.74. The summed E-state index contributed by atoms with van der Waals surface area (Å²) < 4.78 is 0. The molecular formula is C12H23N3O4. The number of hydrogen-bond donors (Lipinski definition) is 2. The first-order chi connectivity index (χ1) is 9.08. The van der Waals surface area contributed by atoms with Crippen LogP contribution in [0.1, 0.15) is 13.3 Å². The van der Waals surface area contributed by atoms with E-state index < -0.39 is 5.97 Å². The first-order valence-corrected chi connectivity index (χ1v) is 6.67. The molecule has 0 spiro atoms. The van der Waals surface area contributed by atoms with Gasteiger partial charge in [-0.2, -0.15) is 0 Å². The maximum atomic E-state index is 12.2. The Morgan fingerprint density at radius 3 is 2.26 bits per heavy atom. The van der Waals surface area contributed by atoms with Crippen molar-refractivity contribution < 1.29 is 19.8 Å². The summed E-state index contributed by atoms with van der Waals surface area (Å²) in [7, 11) is 0. The zero-order chi connectivity index (χ0) is 14.3. The van der Waals surface area contributed by atoms with Crippen LogP contribution in [-0.2, 0) is 4.79 Å². The van der Waals surface area contributed by atoms with Gasteiger partial charge in [0, 0.05) is 39.3 Å². The summed E-state index contributed by atoms with van der Waals surface area (Å²) in [5.41, 5.74) is 0. The number of rotatable bonds is 6. The molecule has 2 N–H and O–H groups in total. The average molecular weight is 273 g/mol. The van der Waals surface area contributed by atoms with Gasteiger partial charge in [-0.1, -0.05) is 6.92 Å². The Labute approximate surface area is 113 Å². The Morgan fingerprint density at radius 1 is 1.16 bits per heavy atom. The minimum Gasteiger partial charge on any atom is -0.480 e. The van der Waals surface area contributed by atoms with Gasteiger partial charge in [0.2, 0.25) is 0 Å². The van der Waals surface area contributed by atoms with E-state index in [1.165, 1.54) is 0 Å². The monoisotopic (exact) mass is 273 g/mol. The molecule has 0 aromatic heterocycles. The molecular weight excluding hydrogens is 250 g/mol. The minimum atomic E-state index is -0.840. The van der Waals surface area contributed by atoms with Gasteiger partial charge in [0.25, 0.3) is 0 Å². The molecule has 1 saturated heterocycles. The van der Waals surface area contributed by atoms with Crippen molar-refractivity contribution >= 4 is 12.0 Å². The molecule has 0 radical (unpaired) electrons. The highest BCUT2D eigenvalue weighted by Gasteiger charge is 2.25. The summed E-state index contributed by atoms with van der Waals surface area (Å²) in [6.45, 7) is 5.20. The van der Waals surface area contributed by atoms with E-state index in [9.17, 15) is 9.59 Å². The summed E-state index contributed by atoms with van der Waals surface area (Å²) >= 11 is 0. The molecule has 0 aromatic carbocycles. The SMILES string of the molecule is CCCN(CCO)C(=O)N1CCN(CC(=O)O)CC1. The van der Waals surface area contributed by atoms with Gasteiger partial charge in [-0.25, -0.2) is 4.79 Å². The number of piperazine rings is 1. The predicted molar refractivity (Wildman–Crippen MR) is 70.0 cm³/mol. The number of urea groups is 1. The summed E-state index contributed by atoms with van der Waals surface area (Å²) in [6, 6.07) is -0.0640. The molecule has 1 heterocycles. The fourth-order valence-electron chi connectivity index (χ4n) is 2.18. The summed E-state index contributed by atoms with van der Waals surface area (Å²) in [5.74, 6) is -0.840. The van der Waals surface area contributed by atoms with Crippen LogP contribution in [0.2, 0.25) is 0 Å². The Bertz CT molecular complexity index is 297. The summed E-state index contributed by atoms with van der Waals surface area (Å²) in [4.78, 5) is 28.0. The van der Waals surface area contributed by atoms with Gasteiger partial charge >= 0.3 is 12.0 Å². The Kier molecular flexibility index (Phi) is 6.58. The molecule has 7 heteroatoms. The maximum absolute atomic E-state index is 12.2. The van der Waals surface area contributed by atoms with Crippen LogP contribution in [0.5, 0.6) is 0 Å². The Morgan fingerprint density at radius 2 is 1.79 bits per heavy atom.